The van der Waals surface area contributed by atoms with Gasteiger partial charge in [-0.3, -0.25) is 4.79 Å². The van der Waals surface area contributed by atoms with Crippen molar-refractivity contribution in [3.8, 4) is 0 Å². The Hall–Kier alpha value is -0.870. The lowest BCUT2D eigenvalue weighted by atomic mass is 10.0. The Bertz CT molecular complexity index is 499. The van der Waals surface area contributed by atoms with Crippen molar-refractivity contribution < 1.29 is 4.79 Å². The summed E-state index contributed by atoms with van der Waals surface area (Å²) in [6.07, 6.45) is 7.23. The van der Waals surface area contributed by atoms with Crippen LogP contribution in [-0.2, 0) is 4.79 Å². The quantitative estimate of drug-likeness (QED) is 0.898. The van der Waals surface area contributed by atoms with Crippen molar-refractivity contribution in [3.63, 3.8) is 0 Å². The van der Waals surface area contributed by atoms with Crippen LogP contribution in [0, 0.1) is 0 Å². The molecule has 21 heavy (non-hydrogen) atoms. The van der Waals surface area contributed by atoms with Crippen molar-refractivity contribution in [2.75, 3.05) is 13.1 Å². The number of rotatable bonds is 4. The summed E-state index contributed by atoms with van der Waals surface area (Å²) in [6.45, 7) is 1.39. The first-order chi connectivity index (χ1) is 10.2. The lowest BCUT2D eigenvalue weighted by Gasteiger charge is -2.26. The lowest BCUT2D eigenvalue weighted by Crippen LogP contribution is -2.40. The third-order valence-electron chi connectivity index (χ3n) is 4.70. The Labute approximate surface area is 135 Å². The number of benzene rings is 1. The molecule has 1 aromatic rings. The van der Waals surface area contributed by atoms with Crippen molar-refractivity contribution >= 4 is 21.8 Å². The van der Waals surface area contributed by atoms with Crippen LogP contribution < -0.4 is 5.32 Å². The summed E-state index contributed by atoms with van der Waals surface area (Å²) in [6, 6.07) is 9.16. The first kappa shape index (κ1) is 15.0. The predicted molar refractivity (Wildman–Crippen MR) is 88.1 cm³/mol. The molecular formula is C17H23BrN2O. The highest BCUT2D eigenvalue weighted by molar-refractivity contribution is 9.10. The zero-order valence-electron chi connectivity index (χ0n) is 12.4. The molecule has 1 N–H and O–H groups in total. The fourth-order valence-corrected chi connectivity index (χ4v) is 4.01. The summed E-state index contributed by atoms with van der Waals surface area (Å²) in [7, 11) is 0. The van der Waals surface area contributed by atoms with Crippen molar-refractivity contribution in [2.24, 2.45) is 0 Å². The Morgan fingerprint density at radius 2 is 2.05 bits per heavy atom. The van der Waals surface area contributed by atoms with Gasteiger partial charge in [0.15, 0.2) is 0 Å². The molecule has 1 aliphatic carbocycles. The number of nitrogens with one attached hydrogen (secondary N) is 1. The summed E-state index contributed by atoms with van der Waals surface area (Å²) < 4.78 is 1.09. The lowest BCUT2D eigenvalue weighted by molar-refractivity contribution is -0.131. The maximum atomic E-state index is 12.5. The summed E-state index contributed by atoms with van der Waals surface area (Å²) in [5, 5.41) is 3.44. The molecule has 2 fully saturated rings. The molecule has 1 heterocycles. The summed E-state index contributed by atoms with van der Waals surface area (Å²) in [4.78, 5) is 14.6. The average molecular weight is 351 g/mol. The number of amides is 1. The van der Waals surface area contributed by atoms with Crippen LogP contribution in [0.2, 0.25) is 0 Å². The van der Waals surface area contributed by atoms with Crippen LogP contribution in [0.4, 0.5) is 0 Å². The van der Waals surface area contributed by atoms with Crippen molar-refractivity contribution in [3.05, 3.63) is 34.3 Å². The molecule has 0 aromatic heterocycles. The monoisotopic (exact) mass is 350 g/mol. The molecule has 1 amide bonds. The van der Waals surface area contributed by atoms with Crippen LogP contribution in [-0.4, -0.2) is 29.9 Å². The first-order valence-corrected chi connectivity index (χ1v) is 8.81. The van der Waals surface area contributed by atoms with E-state index in [4.69, 9.17) is 0 Å². The zero-order valence-corrected chi connectivity index (χ0v) is 13.9. The highest BCUT2D eigenvalue weighted by atomic mass is 79.9. The summed E-state index contributed by atoms with van der Waals surface area (Å²) in [5.74, 6) is 0.254. The third kappa shape index (κ3) is 3.67. The second-order valence-corrected chi connectivity index (χ2v) is 7.08. The van der Waals surface area contributed by atoms with Gasteiger partial charge in [0.2, 0.25) is 5.91 Å². The second-order valence-electron chi connectivity index (χ2n) is 6.16. The van der Waals surface area contributed by atoms with Gasteiger partial charge in [0.25, 0.3) is 0 Å². The number of hydrogen-bond donors (Lipinski definition) is 1. The molecular weight excluding hydrogens is 328 g/mol. The van der Waals surface area contributed by atoms with Gasteiger partial charge in [-0.05, 0) is 43.4 Å². The molecule has 3 rings (SSSR count). The predicted octanol–water partition coefficient (Wildman–Crippen LogP) is 3.64. The van der Waals surface area contributed by atoms with E-state index in [1.165, 1.54) is 31.2 Å². The molecule has 0 radical (unpaired) electrons. The van der Waals surface area contributed by atoms with E-state index < -0.39 is 0 Å². The van der Waals surface area contributed by atoms with E-state index in [0.29, 0.717) is 12.6 Å². The number of hydrogen-bond acceptors (Lipinski definition) is 2. The van der Waals surface area contributed by atoms with Crippen LogP contribution in [0.1, 0.15) is 50.1 Å². The normalized spacial score (nSPS) is 22.9. The number of nitrogens with zero attached hydrogens (tertiary/aromatic N) is 1. The van der Waals surface area contributed by atoms with E-state index in [-0.39, 0.29) is 11.9 Å². The smallest absolute Gasteiger partial charge is 0.237 e. The minimum Gasteiger partial charge on any atom is -0.335 e. The fraction of sp³-hybridized carbons (Fsp3) is 0.588. The Balaban J connectivity index is 1.61. The van der Waals surface area contributed by atoms with Gasteiger partial charge in [0.1, 0.15) is 0 Å². The molecule has 2 aliphatic rings. The van der Waals surface area contributed by atoms with Gasteiger partial charge in [-0.15, -0.1) is 0 Å². The average Bonchev–Trinajstić information content (AvgIpc) is 3.16. The van der Waals surface area contributed by atoms with E-state index in [2.05, 4.69) is 44.3 Å². The molecule has 1 atom stereocenters. The van der Waals surface area contributed by atoms with E-state index in [1.54, 1.807) is 0 Å². The van der Waals surface area contributed by atoms with Gasteiger partial charge in [0.05, 0.1) is 12.6 Å². The highest BCUT2D eigenvalue weighted by Gasteiger charge is 2.30. The number of likely N-dealkylation sites (tertiary alicyclic amines) is 1. The van der Waals surface area contributed by atoms with Crippen molar-refractivity contribution in [1.82, 2.24) is 10.2 Å². The van der Waals surface area contributed by atoms with Gasteiger partial charge in [-0.25, -0.2) is 0 Å². The number of carbonyl (C=O) groups excluding carboxylic acids is 1. The van der Waals surface area contributed by atoms with E-state index >= 15 is 0 Å². The van der Waals surface area contributed by atoms with Crippen LogP contribution >= 0.6 is 15.9 Å². The van der Waals surface area contributed by atoms with Gasteiger partial charge < -0.3 is 10.2 Å². The van der Waals surface area contributed by atoms with Gasteiger partial charge in [-0.1, -0.05) is 40.9 Å². The third-order valence-corrected chi connectivity index (χ3v) is 5.20. The Kier molecular flexibility index (Phi) is 4.96. The van der Waals surface area contributed by atoms with E-state index in [0.717, 1.165) is 23.9 Å². The van der Waals surface area contributed by atoms with E-state index in [1.807, 2.05) is 6.07 Å². The fourth-order valence-electron chi connectivity index (χ4n) is 3.59. The molecule has 114 valence electrons. The first-order valence-electron chi connectivity index (χ1n) is 8.02. The van der Waals surface area contributed by atoms with Crippen molar-refractivity contribution in [2.45, 2.75) is 50.6 Å². The molecule has 3 nitrogen and oxygen atoms in total. The molecule has 1 saturated heterocycles. The summed E-state index contributed by atoms with van der Waals surface area (Å²) >= 11 is 3.53. The molecule has 1 saturated carbocycles. The van der Waals surface area contributed by atoms with Crippen molar-refractivity contribution in [1.29, 1.82) is 0 Å². The van der Waals surface area contributed by atoms with Gasteiger partial charge in [0, 0.05) is 17.1 Å². The maximum absolute atomic E-state index is 12.5. The Morgan fingerprint density at radius 1 is 1.24 bits per heavy atom. The van der Waals surface area contributed by atoms with E-state index in [9.17, 15) is 4.79 Å². The van der Waals surface area contributed by atoms with Crippen LogP contribution in [0.3, 0.4) is 0 Å². The maximum Gasteiger partial charge on any atom is 0.237 e. The molecule has 0 bridgehead atoms. The van der Waals surface area contributed by atoms with Crippen LogP contribution in [0.25, 0.3) is 0 Å². The zero-order chi connectivity index (χ0) is 14.7. The van der Waals surface area contributed by atoms with Gasteiger partial charge >= 0.3 is 0 Å². The standard InChI is InChI=1S/C17H23BrN2O/c18-14-6-3-5-13(11-14)16-9-4-10-20(16)17(21)12-19-15-7-1-2-8-15/h3,5-6,11,15-16,19H,1-2,4,7-10,12H2. The topological polar surface area (TPSA) is 32.3 Å². The molecule has 1 unspecified atom stereocenters. The molecule has 1 aromatic carbocycles. The highest BCUT2D eigenvalue weighted by Crippen LogP contribution is 2.33. The van der Waals surface area contributed by atoms with Crippen LogP contribution in [0.15, 0.2) is 28.7 Å². The number of carbonyl (C=O) groups is 1. The molecule has 1 aliphatic heterocycles. The second kappa shape index (κ2) is 6.93. The van der Waals surface area contributed by atoms with Crippen LogP contribution in [0.5, 0.6) is 0 Å². The SMILES string of the molecule is O=C(CNC1CCCC1)N1CCCC1c1cccc(Br)c1. The minimum atomic E-state index is 0.250. The summed E-state index contributed by atoms with van der Waals surface area (Å²) in [5.41, 5.74) is 1.25. The number of halogens is 1. The van der Waals surface area contributed by atoms with Gasteiger partial charge in [-0.2, -0.15) is 0 Å². The minimum absolute atomic E-state index is 0.250. The molecule has 0 spiro atoms. The Morgan fingerprint density at radius 3 is 2.81 bits per heavy atom. The molecule has 4 heteroatoms. The largest absolute Gasteiger partial charge is 0.335 e.